The van der Waals surface area contributed by atoms with Gasteiger partial charge in [-0.25, -0.2) is 13.6 Å². The molecule has 1 aromatic rings. The SMILES string of the molecule is CC(C)(C)C(=O)N1CCC[C@](F)(c2cccc(C(=O)O)c2F)C1. The van der Waals surface area contributed by atoms with Gasteiger partial charge in [-0.2, -0.15) is 0 Å². The van der Waals surface area contributed by atoms with E-state index in [4.69, 9.17) is 5.11 Å². The zero-order chi connectivity index (χ0) is 17.4. The molecule has 0 radical (unpaired) electrons. The number of nitrogens with zero attached hydrogens (tertiary/aromatic N) is 1. The van der Waals surface area contributed by atoms with Crippen LogP contribution in [-0.2, 0) is 10.5 Å². The van der Waals surface area contributed by atoms with Crippen LogP contribution in [0, 0.1) is 11.2 Å². The summed E-state index contributed by atoms with van der Waals surface area (Å²) in [6.45, 7) is 5.39. The van der Waals surface area contributed by atoms with Crippen molar-refractivity contribution in [3.8, 4) is 0 Å². The summed E-state index contributed by atoms with van der Waals surface area (Å²) in [6, 6.07) is 3.69. The molecular weight excluding hydrogens is 304 g/mol. The average Bonchev–Trinajstić information content (AvgIpc) is 2.45. The number of hydrogen-bond acceptors (Lipinski definition) is 2. The van der Waals surface area contributed by atoms with Gasteiger partial charge in [0.15, 0.2) is 5.67 Å². The molecule has 0 aromatic heterocycles. The Hall–Kier alpha value is -1.98. The Kier molecular flexibility index (Phi) is 4.46. The number of aromatic carboxylic acids is 1. The molecule has 1 aliphatic rings. The summed E-state index contributed by atoms with van der Waals surface area (Å²) >= 11 is 0. The van der Waals surface area contributed by atoms with Crippen LogP contribution in [0.3, 0.4) is 0 Å². The highest BCUT2D eigenvalue weighted by atomic mass is 19.1. The molecule has 0 saturated carbocycles. The number of hydrogen-bond donors (Lipinski definition) is 1. The third-order valence-corrected chi connectivity index (χ3v) is 4.08. The molecule has 1 saturated heterocycles. The van der Waals surface area contributed by atoms with Crippen molar-refractivity contribution in [1.29, 1.82) is 0 Å². The van der Waals surface area contributed by atoms with E-state index in [1.807, 2.05) is 0 Å². The second-order valence-corrected chi connectivity index (χ2v) is 7.02. The van der Waals surface area contributed by atoms with Crippen molar-refractivity contribution in [2.75, 3.05) is 13.1 Å². The second-order valence-electron chi connectivity index (χ2n) is 7.02. The van der Waals surface area contributed by atoms with Gasteiger partial charge in [0, 0.05) is 17.5 Å². The molecule has 1 heterocycles. The Morgan fingerprint density at radius 3 is 2.52 bits per heavy atom. The lowest BCUT2D eigenvalue weighted by molar-refractivity contribution is -0.144. The van der Waals surface area contributed by atoms with E-state index in [9.17, 15) is 14.0 Å². The quantitative estimate of drug-likeness (QED) is 0.907. The molecular formula is C17H21F2NO3. The Bertz CT molecular complexity index is 639. The summed E-state index contributed by atoms with van der Waals surface area (Å²) in [6.07, 6.45) is 0.454. The molecule has 6 heteroatoms. The van der Waals surface area contributed by atoms with Gasteiger partial charge in [0.2, 0.25) is 5.91 Å². The Labute approximate surface area is 134 Å². The van der Waals surface area contributed by atoms with E-state index in [0.29, 0.717) is 13.0 Å². The number of benzene rings is 1. The number of carbonyl (C=O) groups is 2. The largest absolute Gasteiger partial charge is 0.478 e. The van der Waals surface area contributed by atoms with E-state index in [-0.39, 0.29) is 24.4 Å². The van der Waals surface area contributed by atoms with Crippen molar-refractivity contribution in [1.82, 2.24) is 4.90 Å². The predicted octanol–water partition coefficient (Wildman–Crippen LogP) is 3.36. The Morgan fingerprint density at radius 1 is 1.30 bits per heavy atom. The van der Waals surface area contributed by atoms with E-state index < -0.39 is 28.4 Å². The number of likely N-dealkylation sites (tertiary alicyclic amines) is 1. The molecule has 1 N–H and O–H groups in total. The fraction of sp³-hybridized carbons (Fsp3) is 0.529. The van der Waals surface area contributed by atoms with Gasteiger partial charge >= 0.3 is 5.97 Å². The highest BCUT2D eigenvalue weighted by molar-refractivity contribution is 5.88. The number of carboxylic acids is 1. The fourth-order valence-electron chi connectivity index (χ4n) is 2.92. The first-order valence-electron chi connectivity index (χ1n) is 7.57. The molecule has 1 amide bonds. The minimum atomic E-state index is -2.07. The van der Waals surface area contributed by atoms with Gasteiger partial charge < -0.3 is 10.0 Å². The van der Waals surface area contributed by atoms with E-state index in [1.165, 1.54) is 17.0 Å². The molecule has 1 atom stereocenters. The smallest absolute Gasteiger partial charge is 0.338 e. The summed E-state index contributed by atoms with van der Waals surface area (Å²) in [5.41, 5.74) is -3.57. The molecule has 126 valence electrons. The number of rotatable bonds is 2. The molecule has 0 bridgehead atoms. The van der Waals surface area contributed by atoms with Crippen LogP contribution in [-0.4, -0.2) is 35.0 Å². The lowest BCUT2D eigenvalue weighted by Crippen LogP contribution is -2.50. The van der Waals surface area contributed by atoms with Gasteiger partial charge in [0.25, 0.3) is 0 Å². The lowest BCUT2D eigenvalue weighted by atomic mass is 9.84. The van der Waals surface area contributed by atoms with Gasteiger partial charge in [-0.1, -0.05) is 32.9 Å². The molecule has 0 unspecified atom stereocenters. The van der Waals surface area contributed by atoms with Crippen LogP contribution >= 0.6 is 0 Å². The summed E-state index contributed by atoms with van der Waals surface area (Å²) in [5, 5.41) is 8.99. The van der Waals surface area contributed by atoms with Gasteiger partial charge in [-0.05, 0) is 18.9 Å². The maximum atomic E-state index is 15.4. The van der Waals surface area contributed by atoms with Crippen molar-refractivity contribution in [3.05, 3.63) is 35.1 Å². The van der Waals surface area contributed by atoms with Gasteiger partial charge in [0.1, 0.15) is 5.82 Å². The highest BCUT2D eigenvalue weighted by Gasteiger charge is 2.43. The number of halogens is 2. The van der Waals surface area contributed by atoms with Gasteiger partial charge in [-0.15, -0.1) is 0 Å². The summed E-state index contributed by atoms with van der Waals surface area (Å²) in [7, 11) is 0. The molecule has 1 fully saturated rings. The van der Waals surface area contributed by atoms with E-state index >= 15 is 4.39 Å². The highest BCUT2D eigenvalue weighted by Crippen LogP contribution is 2.38. The average molecular weight is 325 g/mol. The van der Waals surface area contributed by atoms with Crippen molar-refractivity contribution in [2.24, 2.45) is 5.41 Å². The molecule has 1 aliphatic heterocycles. The second kappa shape index (κ2) is 5.91. The molecule has 0 spiro atoms. The number of piperidine rings is 1. The zero-order valence-corrected chi connectivity index (χ0v) is 13.5. The van der Waals surface area contributed by atoms with Gasteiger partial charge in [0.05, 0.1) is 12.1 Å². The van der Waals surface area contributed by atoms with Crippen LogP contribution in [0.15, 0.2) is 18.2 Å². The van der Waals surface area contributed by atoms with Crippen LogP contribution in [0.1, 0.15) is 49.5 Å². The Morgan fingerprint density at radius 2 is 1.96 bits per heavy atom. The van der Waals surface area contributed by atoms with Crippen molar-refractivity contribution >= 4 is 11.9 Å². The van der Waals surface area contributed by atoms with E-state index in [0.717, 1.165) is 6.07 Å². The van der Waals surface area contributed by atoms with Crippen molar-refractivity contribution < 1.29 is 23.5 Å². The first-order valence-corrected chi connectivity index (χ1v) is 7.57. The van der Waals surface area contributed by atoms with Crippen LogP contribution < -0.4 is 0 Å². The van der Waals surface area contributed by atoms with Gasteiger partial charge in [-0.3, -0.25) is 4.79 Å². The molecule has 4 nitrogen and oxygen atoms in total. The maximum Gasteiger partial charge on any atom is 0.338 e. The third-order valence-electron chi connectivity index (χ3n) is 4.08. The number of alkyl halides is 1. The zero-order valence-electron chi connectivity index (χ0n) is 13.5. The lowest BCUT2D eigenvalue weighted by Gasteiger charge is -2.40. The van der Waals surface area contributed by atoms with Crippen molar-refractivity contribution in [2.45, 2.75) is 39.3 Å². The summed E-state index contributed by atoms with van der Waals surface area (Å²) < 4.78 is 29.8. The summed E-state index contributed by atoms with van der Waals surface area (Å²) in [5.74, 6) is -2.70. The third kappa shape index (κ3) is 3.35. The minimum Gasteiger partial charge on any atom is -0.478 e. The monoisotopic (exact) mass is 325 g/mol. The minimum absolute atomic E-state index is 0.0565. The maximum absolute atomic E-state index is 15.4. The van der Waals surface area contributed by atoms with Crippen molar-refractivity contribution in [3.63, 3.8) is 0 Å². The topological polar surface area (TPSA) is 57.6 Å². The predicted molar refractivity (Wildman–Crippen MR) is 81.4 cm³/mol. The standard InChI is InChI=1S/C17H21F2NO3/c1-16(2,3)15(23)20-9-5-8-17(19,10-20)12-7-4-6-11(13(12)18)14(21)22/h4,6-7H,5,8-10H2,1-3H3,(H,21,22)/t17-/m1/s1. The van der Waals surface area contributed by atoms with Crippen LogP contribution in [0.4, 0.5) is 8.78 Å². The Balaban J connectivity index is 2.37. The molecule has 2 rings (SSSR count). The molecule has 1 aromatic carbocycles. The van der Waals surface area contributed by atoms with E-state index in [2.05, 4.69) is 0 Å². The normalized spacial score (nSPS) is 22.0. The number of carbonyl (C=O) groups excluding carboxylic acids is 1. The van der Waals surface area contributed by atoms with Crippen LogP contribution in [0.5, 0.6) is 0 Å². The number of amides is 1. The van der Waals surface area contributed by atoms with E-state index in [1.54, 1.807) is 20.8 Å². The van der Waals surface area contributed by atoms with Crippen LogP contribution in [0.25, 0.3) is 0 Å². The molecule has 23 heavy (non-hydrogen) atoms. The first-order chi connectivity index (χ1) is 10.6. The number of carboxylic acid groups (broad SMARTS) is 1. The van der Waals surface area contributed by atoms with Crippen LogP contribution in [0.2, 0.25) is 0 Å². The first kappa shape index (κ1) is 17.4. The summed E-state index contributed by atoms with van der Waals surface area (Å²) in [4.78, 5) is 24.8. The molecule has 0 aliphatic carbocycles. The fourth-order valence-corrected chi connectivity index (χ4v) is 2.92.